The van der Waals surface area contributed by atoms with Crippen molar-refractivity contribution >= 4 is 39.1 Å². The van der Waals surface area contributed by atoms with Crippen LogP contribution in [0.3, 0.4) is 0 Å². The van der Waals surface area contributed by atoms with E-state index in [1.165, 1.54) is 48.3 Å². The Hall–Kier alpha value is -3.63. The maximum absolute atomic E-state index is 13.8. The van der Waals surface area contributed by atoms with Crippen molar-refractivity contribution in [3.05, 3.63) is 89.2 Å². The molecule has 0 heterocycles. The Labute approximate surface area is 233 Å². The molecule has 208 valence electrons. The van der Waals surface area contributed by atoms with Crippen LogP contribution < -0.4 is 14.4 Å². The number of anilines is 1. The summed E-state index contributed by atoms with van der Waals surface area (Å²) in [6.45, 7) is 3.40. The van der Waals surface area contributed by atoms with Gasteiger partial charge in [-0.25, -0.2) is 12.8 Å². The van der Waals surface area contributed by atoms with Crippen LogP contribution in [0.25, 0.3) is 0 Å². The van der Waals surface area contributed by atoms with Crippen molar-refractivity contribution in [3.8, 4) is 5.75 Å². The van der Waals surface area contributed by atoms with E-state index in [-0.39, 0.29) is 23.0 Å². The number of sulfonamides is 1. The first-order chi connectivity index (χ1) is 18.6. The maximum Gasteiger partial charge on any atom is 0.264 e. The van der Waals surface area contributed by atoms with Gasteiger partial charge in [-0.2, -0.15) is 0 Å². The van der Waals surface area contributed by atoms with E-state index in [0.717, 1.165) is 16.4 Å². The number of nitrogens with one attached hydrogen (secondary N) is 1. The van der Waals surface area contributed by atoms with Crippen LogP contribution in [0.15, 0.2) is 77.7 Å². The number of nitrogens with zero attached hydrogens (tertiary/aromatic N) is 2. The zero-order valence-electron chi connectivity index (χ0n) is 21.9. The highest BCUT2D eigenvalue weighted by molar-refractivity contribution is 7.92. The number of carbonyl (C=O) groups excluding carboxylic acids is 2. The summed E-state index contributed by atoms with van der Waals surface area (Å²) in [5.74, 6) is -1.06. The third-order valence-electron chi connectivity index (χ3n) is 6.01. The fourth-order valence-corrected chi connectivity index (χ4v) is 5.55. The highest BCUT2D eigenvalue weighted by Gasteiger charge is 2.33. The maximum atomic E-state index is 13.8. The average molecular weight is 576 g/mol. The molecule has 11 heteroatoms. The third-order valence-corrected chi connectivity index (χ3v) is 8.05. The van der Waals surface area contributed by atoms with E-state index >= 15 is 0 Å². The van der Waals surface area contributed by atoms with Gasteiger partial charge in [-0.1, -0.05) is 30.7 Å². The number of benzene rings is 3. The molecule has 0 radical (unpaired) electrons. The first-order valence-corrected chi connectivity index (χ1v) is 14.2. The van der Waals surface area contributed by atoms with Gasteiger partial charge in [0.15, 0.2) is 0 Å². The predicted molar refractivity (Wildman–Crippen MR) is 149 cm³/mol. The summed E-state index contributed by atoms with van der Waals surface area (Å²) >= 11 is 6.00. The standard InChI is InChI=1S/C28H31ClFN3O5S/c1-4-26(28(35)31-3)32(18-20-6-8-21(29)9-7-20)27(34)19-33(23-12-10-22(30)11-13-23)39(36,37)25-16-14-24(15-17-25)38-5-2/h6-17,26H,4-5,18-19H2,1-3H3,(H,31,35)/t26-/m1/s1. The lowest BCUT2D eigenvalue weighted by Gasteiger charge is -2.33. The lowest BCUT2D eigenvalue weighted by molar-refractivity contribution is -0.140. The second-order valence-corrected chi connectivity index (χ2v) is 10.9. The molecule has 0 saturated carbocycles. The van der Waals surface area contributed by atoms with Crippen molar-refractivity contribution in [1.82, 2.24) is 10.2 Å². The molecule has 0 fully saturated rings. The van der Waals surface area contributed by atoms with E-state index < -0.39 is 34.3 Å². The van der Waals surface area contributed by atoms with Crippen LogP contribution in [-0.4, -0.2) is 51.4 Å². The fraction of sp³-hybridized carbons (Fsp3) is 0.286. The molecule has 0 bridgehead atoms. The molecule has 39 heavy (non-hydrogen) atoms. The van der Waals surface area contributed by atoms with Crippen molar-refractivity contribution in [3.63, 3.8) is 0 Å². The topological polar surface area (TPSA) is 96.0 Å². The number of rotatable bonds is 12. The summed E-state index contributed by atoms with van der Waals surface area (Å²) in [6, 6.07) is 16.5. The molecule has 0 aromatic heterocycles. The summed E-state index contributed by atoms with van der Waals surface area (Å²) in [7, 11) is -2.80. The Kier molecular flexibility index (Phi) is 10.3. The van der Waals surface area contributed by atoms with Gasteiger partial charge in [-0.05, 0) is 79.6 Å². The molecule has 0 aliphatic rings. The lowest BCUT2D eigenvalue weighted by atomic mass is 10.1. The minimum absolute atomic E-state index is 0.0439. The Bertz CT molecular complexity index is 1370. The van der Waals surface area contributed by atoms with Crippen LogP contribution in [0.2, 0.25) is 5.02 Å². The average Bonchev–Trinajstić information content (AvgIpc) is 2.93. The van der Waals surface area contributed by atoms with E-state index in [2.05, 4.69) is 5.32 Å². The minimum atomic E-state index is -4.27. The minimum Gasteiger partial charge on any atom is -0.494 e. The molecule has 3 aromatic rings. The van der Waals surface area contributed by atoms with Gasteiger partial charge in [0.05, 0.1) is 17.2 Å². The van der Waals surface area contributed by atoms with Crippen molar-refractivity contribution in [2.75, 3.05) is 24.5 Å². The number of hydrogen-bond acceptors (Lipinski definition) is 5. The van der Waals surface area contributed by atoms with Gasteiger partial charge in [0.25, 0.3) is 10.0 Å². The molecule has 0 spiro atoms. The Morgan fingerprint density at radius 1 is 0.974 bits per heavy atom. The van der Waals surface area contributed by atoms with Crippen LogP contribution >= 0.6 is 11.6 Å². The number of likely N-dealkylation sites (N-methyl/N-ethyl adjacent to an activating group) is 1. The molecule has 3 rings (SSSR count). The smallest absolute Gasteiger partial charge is 0.264 e. The Morgan fingerprint density at radius 2 is 1.59 bits per heavy atom. The first kappa shape index (κ1) is 29.9. The van der Waals surface area contributed by atoms with Gasteiger partial charge in [-0.15, -0.1) is 0 Å². The second kappa shape index (κ2) is 13.4. The van der Waals surface area contributed by atoms with E-state index in [9.17, 15) is 22.4 Å². The van der Waals surface area contributed by atoms with Gasteiger partial charge < -0.3 is 15.0 Å². The number of halogens is 2. The molecule has 0 aliphatic heterocycles. The first-order valence-electron chi connectivity index (χ1n) is 12.4. The summed E-state index contributed by atoms with van der Waals surface area (Å²) in [5, 5.41) is 3.08. The molecule has 0 aliphatic carbocycles. The number of carbonyl (C=O) groups is 2. The number of hydrogen-bond donors (Lipinski definition) is 1. The monoisotopic (exact) mass is 575 g/mol. The van der Waals surface area contributed by atoms with Gasteiger partial charge in [0.1, 0.15) is 24.2 Å². The molecular formula is C28H31ClFN3O5S. The van der Waals surface area contributed by atoms with Gasteiger partial charge >= 0.3 is 0 Å². The van der Waals surface area contributed by atoms with E-state index in [1.54, 1.807) is 31.2 Å². The molecule has 1 N–H and O–H groups in total. The van der Waals surface area contributed by atoms with Gasteiger partial charge in [-0.3, -0.25) is 13.9 Å². The van der Waals surface area contributed by atoms with E-state index in [1.807, 2.05) is 6.92 Å². The van der Waals surface area contributed by atoms with Crippen LogP contribution in [0.4, 0.5) is 10.1 Å². The summed E-state index contributed by atoms with van der Waals surface area (Å²) in [6.07, 6.45) is 0.293. The Balaban J connectivity index is 2.03. The van der Waals surface area contributed by atoms with Crippen LogP contribution in [0.1, 0.15) is 25.8 Å². The lowest BCUT2D eigenvalue weighted by Crippen LogP contribution is -2.51. The largest absolute Gasteiger partial charge is 0.494 e. The van der Waals surface area contributed by atoms with E-state index in [4.69, 9.17) is 16.3 Å². The van der Waals surface area contributed by atoms with Crippen molar-refractivity contribution in [2.24, 2.45) is 0 Å². The van der Waals surface area contributed by atoms with Crippen LogP contribution in [0.5, 0.6) is 5.75 Å². The van der Waals surface area contributed by atoms with E-state index in [0.29, 0.717) is 29.4 Å². The second-order valence-electron chi connectivity index (χ2n) is 8.58. The van der Waals surface area contributed by atoms with Crippen molar-refractivity contribution in [1.29, 1.82) is 0 Å². The van der Waals surface area contributed by atoms with Crippen molar-refractivity contribution in [2.45, 2.75) is 37.8 Å². The molecule has 2 amide bonds. The molecule has 1 atom stereocenters. The molecule has 8 nitrogen and oxygen atoms in total. The fourth-order valence-electron chi connectivity index (χ4n) is 4.01. The molecule has 0 saturated heterocycles. The quantitative estimate of drug-likeness (QED) is 0.340. The molecule has 0 unspecified atom stereocenters. The number of amides is 2. The molecule has 3 aromatic carbocycles. The van der Waals surface area contributed by atoms with Crippen LogP contribution in [-0.2, 0) is 26.2 Å². The van der Waals surface area contributed by atoms with Crippen molar-refractivity contribution < 1.29 is 27.1 Å². The normalized spacial score (nSPS) is 11.9. The summed E-state index contributed by atoms with van der Waals surface area (Å²) in [4.78, 5) is 27.8. The predicted octanol–water partition coefficient (Wildman–Crippen LogP) is 4.63. The summed E-state index contributed by atoms with van der Waals surface area (Å²) < 4.78 is 47.6. The van der Waals surface area contributed by atoms with Crippen LogP contribution in [0, 0.1) is 5.82 Å². The zero-order chi connectivity index (χ0) is 28.6. The molecular weight excluding hydrogens is 545 g/mol. The van der Waals surface area contributed by atoms with Gasteiger partial charge in [0, 0.05) is 18.6 Å². The third kappa shape index (κ3) is 7.48. The highest BCUT2D eigenvalue weighted by Crippen LogP contribution is 2.26. The number of ether oxygens (including phenoxy) is 1. The Morgan fingerprint density at radius 3 is 2.13 bits per heavy atom. The zero-order valence-corrected chi connectivity index (χ0v) is 23.5. The SMILES string of the molecule is CCOc1ccc(S(=O)(=O)N(CC(=O)N(Cc2ccc(Cl)cc2)[C@H](CC)C(=O)NC)c2ccc(F)cc2)cc1. The highest BCUT2D eigenvalue weighted by atomic mass is 35.5. The van der Waals surface area contributed by atoms with Gasteiger partial charge in [0.2, 0.25) is 11.8 Å². The summed E-state index contributed by atoms with van der Waals surface area (Å²) in [5.41, 5.74) is 0.802.